The fourth-order valence-electron chi connectivity index (χ4n) is 4.05. The van der Waals surface area contributed by atoms with Gasteiger partial charge in [-0.25, -0.2) is 8.42 Å². The molecule has 8 nitrogen and oxygen atoms in total. The maximum Gasteiger partial charge on any atom is 0.326 e. The van der Waals surface area contributed by atoms with Gasteiger partial charge < -0.3 is 9.30 Å². The molecular weight excluding hydrogens is 522 g/mol. The molecule has 0 fully saturated rings. The normalized spacial score (nSPS) is 12.7. The van der Waals surface area contributed by atoms with Gasteiger partial charge in [0.15, 0.2) is 4.80 Å². The Kier molecular flexibility index (Phi) is 9.67. The average Bonchev–Trinajstić information content (AvgIpc) is 3.14. The van der Waals surface area contributed by atoms with Gasteiger partial charge in [-0.1, -0.05) is 39.0 Å². The van der Waals surface area contributed by atoms with Crippen molar-refractivity contribution in [2.45, 2.75) is 59.9 Å². The maximum absolute atomic E-state index is 13.3. The highest BCUT2D eigenvalue weighted by atomic mass is 32.2. The van der Waals surface area contributed by atoms with E-state index in [0.717, 1.165) is 21.3 Å². The van der Waals surface area contributed by atoms with Crippen molar-refractivity contribution in [1.82, 2.24) is 8.87 Å². The molecule has 0 saturated carbocycles. The number of hydrogen-bond donors (Lipinski definition) is 0. The van der Waals surface area contributed by atoms with E-state index in [9.17, 15) is 18.0 Å². The maximum atomic E-state index is 13.3. The average molecular weight is 560 g/mol. The highest BCUT2D eigenvalue weighted by Crippen LogP contribution is 2.23. The number of sulfonamides is 1. The second-order valence-corrected chi connectivity index (χ2v) is 13.2. The van der Waals surface area contributed by atoms with Gasteiger partial charge in [0, 0.05) is 18.7 Å². The lowest BCUT2D eigenvalue weighted by atomic mass is 10.1. The molecular formula is C28H37N3O5S2. The van der Waals surface area contributed by atoms with Crippen LogP contribution in [0.5, 0.6) is 0 Å². The quantitative estimate of drug-likeness (QED) is 0.328. The standard InChI is InChI=1S/C28H37N3O5S2/c1-8-36-26(32)17-31-24-13-20(6)21(7)14-25(24)37-28(31)29-27(33)22-9-11-23(12-10-22)38(34,35)30(15-18(2)3)16-19(4)5/h9-14,18-19H,8,15-17H2,1-7H3. The predicted molar refractivity (Wildman–Crippen MR) is 151 cm³/mol. The van der Waals surface area contributed by atoms with Gasteiger partial charge in [-0.2, -0.15) is 9.30 Å². The van der Waals surface area contributed by atoms with E-state index in [1.165, 1.54) is 39.9 Å². The van der Waals surface area contributed by atoms with Crippen molar-refractivity contribution in [2.75, 3.05) is 19.7 Å². The third kappa shape index (κ3) is 6.98. The van der Waals surface area contributed by atoms with Gasteiger partial charge in [-0.05, 0) is 80.1 Å². The topological polar surface area (TPSA) is 98.0 Å². The van der Waals surface area contributed by atoms with Crippen molar-refractivity contribution in [3.8, 4) is 0 Å². The van der Waals surface area contributed by atoms with Gasteiger partial charge in [0.1, 0.15) is 6.54 Å². The minimum Gasteiger partial charge on any atom is -0.465 e. The smallest absolute Gasteiger partial charge is 0.326 e. The number of amides is 1. The zero-order valence-corrected chi connectivity index (χ0v) is 24.8. The number of ether oxygens (including phenoxy) is 1. The van der Waals surface area contributed by atoms with Crippen molar-refractivity contribution in [3.63, 3.8) is 0 Å². The van der Waals surface area contributed by atoms with Crippen LogP contribution in [0, 0.1) is 25.7 Å². The number of benzene rings is 2. The molecule has 0 aliphatic heterocycles. The first-order chi connectivity index (χ1) is 17.8. The molecule has 3 aromatic rings. The molecule has 0 spiro atoms. The summed E-state index contributed by atoms with van der Waals surface area (Å²) in [5.74, 6) is -0.578. The van der Waals surface area contributed by atoms with Crippen LogP contribution in [-0.2, 0) is 26.1 Å². The van der Waals surface area contributed by atoms with Crippen LogP contribution in [0.25, 0.3) is 10.2 Å². The molecule has 0 aliphatic rings. The summed E-state index contributed by atoms with van der Waals surface area (Å²) in [6.07, 6.45) is 0. The van der Waals surface area contributed by atoms with E-state index in [2.05, 4.69) is 4.99 Å². The van der Waals surface area contributed by atoms with Crippen LogP contribution in [0.3, 0.4) is 0 Å². The Labute approximate surface area is 229 Å². The number of aryl methyl sites for hydroxylation is 2. The first kappa shape index (κ1) is 29.7. The van der Waals surface area contributed by atoms with Gasteiger partial charge in [0.05, 0.1) is 21.7 Å². The Morgan fingerprint density at radius 2 is 1.58 bits per heavy atom. The number of esters is 1. The van der Waals surface area contributed by atoms with E-state index in [-0.39, 0.29) is 35.4 Å². The number of carbonyl (C=O) groups is 2. The van der Waals surface area contributed by atoms with Crippen LogP contribution in [0.4, 0.5) is 0 Å². The van der Waals surface area contributed by atoms with E-state index in [1.807, 2.05) is 53.7 Å². The van der Waals surface area contributed by atoms with Crippen molar-refractivity contribution < 1.29 is 22.7 Å². The number of aromatic nitrogens is 1. The molecule has 206 valence electrons. The molecule has 38 heavy (non-hydrogen) atoms. The summed E-state index contributed by atoms with van der Waals surface area (Å²) >= 11 is 1.32. The fraction of sp³-hybridized carbons (Fsp3) is 0.464. The largest absolute Gasteiger partial charge is 0.465 e. The molecule has 1 amide bonds. The number of nitrogens with zero attached hydrogens (tertiary/aromatic N) is 3. The molecule has 0 bridgehead atoms. The number of carbonyl (C=O) groups excluding carboxylic acids is 2. The number of thiazole rings is 1. The third-order valence-corrected chi connectivity index (χ3v) is 8.85. The molecule has 1 heterocycles. The highest BCUT2D eigenvalue weighted by molar-refractivity contribution is 7.89. The van der Waals surface area contributed by atoms with Gasteiger partial charge in [-0.15, -0.1) is 0 Å². The highest BCUT2D eigenvalue weighted by Gasteiger charge is 2.26. The predicted octanol–water partition coefficient (Wildman–Crippen LogP) is 4.93. The summed E-state index contributed by atoms with van der Waals surface area (Å²) in [5.41, 5.74) is 3.22. The molecule has 0 saturated heterocycles. The van der Waals surface area contributed by atoms with Crippen molar-refractivity contribution in [1.29, 1.82) is 0 Å². The fourth-order valence-corrected chi connectivity index (χ4v) is 6.93. The first-order valence-corrected chi connectivity index (χ1v) is 15.0. The molecule has 3 rings (SSSR count). The molecule has 0 unspecified atom stereocenters. The second-order valence-electron chi connectivity index (χ2n) is 10.2. The monoisotopic (exact) mass is 559 g/mol. The van der Waals surface area contributed by atoms with Gasteiger partial charge in [0.2, 0.25) is 10.0 Å². The second kappa shape index (κ2) is 12.4. The number of hydrogen-bond acceptors (Lipinski definition) is 6. The number of fused-ring (bicyclic) bond motifs is 1. The minimum absolute atomic E-state index is 0.0683. The lowest BCUT2D eigenvalue weighted by molar-refractivity contribution is -0.143. The summed E-state index contributed by atoms with van der Waals surface area (Å²) in [6.45, 7) is 14.7. The Morgan fingerprint density at radius 3 is 2.13 bits per heavy atom. The van der Waals surface area contributed by atoms with Crippen molar-refractivity contribution >= 4 is 43.5 Å². The molecule has 2 aromatic carbocycles. The zero-order chi connectivity index (χ0) is 28.2. The van der Waals surface area contributed by atoms with E-state index in [4.69, 9.17) is 4.74 Å². The third-order valence-electron chi connectivity index (χ3n) is 5.96. The van der Waals surface area contributed by atoms with E-state index in [1.54, 1.807) is 11.5 Å². The van der Waals surface area contributed by atoms with Crippen LogP contribution in [0.1, 0.15) is 56.1 Å². The molecule has 0 N–H and O–H groups in total. The Balaban J connectivity index is 1.99. The van der Waals surface area contributed by atoms with E-state index in [0.29, 0.717) is 17.9 Å². The summed E-state index contributed by atoms with van der Waals surface area (Å²) in [7, 11) is -3.71. The van der Waals surface area contributed by atoms with Crippen LogP contribution in [0.15, 0.2) is 46.3 Å². The van der Waals surface area contributed by atoms with E-state index >= 15 is 0 Å². The summed E-state index contributed by atoms with van der Waals surface area (Å²) in [5, 5.41) is 0. The first-order valence-electron chi connectivity index (χ1n) is 12.8. The van der Waals surface area contributed by atoms with Crippen LogP contribution < -0.4 is 4.80 Å². The summed E-state index contributed by atoms with van der Waals surface area (Å²) < 4.78 is 35.8. The van der Waals surface area contributed by atoms with E-state index < -0.39 is 21.9 Å². The Bertz CT molecular complexity index is 1470. The molecule has 0 aliphatic carbocycles. The van der Waals surface area contributed by atoms with Crippen molar-refractivity contribution in [3.05, 3.63) is 57.9 Å². The molecule has 0 radical (unpaired) electrons. The summed E-state index contributed by atoms with van der Waals surface area (Å²) in [4.78, 5) is 30.3. The Hall–Kier alpha value is -2.82. The van der Waals surface area contributed by atoms with Crippen molar-refractivity contribution in [2.24, 2.45) is 16.8 Å². The molecule has 1 aromatic heterocycles. The SMILES string of the molecule is CCOC(=O)Cn1c(=NC(=O)c2ccc(S(=O)(=O)N(CC(C)C)CC(C)C)cc2)sc2cc(C)c(C)cc21. The van der Waals surface area contributed by atoms with Gasteiger partial charge in [-0.3, -0.25) is 9.59 Å². The lowest BCUT2D eigenvalue weighted by Gasteiger charge is -2.25. The number of rotatable bonds is 10. The van der Waals surface area contributed by atoms with Crippen LogP contribution >= 0.6 is 11.3 Å². The lowest BCUT2D eigenvalue weighted by Crippen LogP contribution is -2.37. The van der Waals surface area contributed by atoms with Gasteiger partial charge in [0.25, 0.3) is 5.91 Å². The molecule has 0 atom stereocenters. The van der Waals surface area contributed by atoms with Crippen LogP contribution in [0.2, 0.25) is 0 Å². The zero-order valence-electron chi connectivity index (χ0n) is 23.1. The molecule has 10 heteroatoms. The minimum atomic E-state index is -3.71. The summed E-state index contributed by atoms with van der Waals surface area (Å²) in [6, 6.07) is 9.87. The van der Waals surface area contributed by atoms with Crippen LogP contribution in [-0.4, -0.2) is 48.9 Å². The van der Waals surface area contributed by atoms with Gasteiger partial charge >= 0.3 is 5.97 Å². The Morgan fingerprint density at radius 1 is 1.00 bits per heavy atom.